The largest absolute Gasteiger partial charge is 0.480 e. The Morgan fingerprint density at radius 1 is 1.07 bits per heavy atom. The van der Waals surface area contributed by atoms with Crippen molar-refractivity contribution >= 4 is 23.8 Å². The van der Waals surface area contributed by atoms with Gasteiger partial charge in [0, 0.05) is 18.5 Å². The number of imide groups is 1. The predicted octanol–water partition coefficient (Wildman–Crippen LogP) is 1.39. The number of carboxylic acids is 1. The van der Waals surface area contributed by atoms with Gasteiger partial charge in [-0.25, -0.2) is 9.59 Å². The Morgan fingerprint density at radius 2 is 1.72 bits per heavy atom. The first-order chi connectivity index (χ1) is 13.8. The molecule has 4 rings (SSSR count). The van der Waals surface area contributed by atoms with Gasteiger partial charge in [-0.3, -0.25) is 14.9 Å². The summed E-state index contributed by atoms with van der Waals surface area (Å²) in [5, 5.41) is 14.4. The standard InChI is InChI=1S/C21H19N3O5/c1-21(19(28)22-20(29)23-21)15-8-6-12(7-9-15)17(25)24-11-14-5-3-2-4-13(14)10-16(24)18(26)27/h2-9,16H,10-11H2,1H3,(H,26,27)(H2,22,23,28,29)/t16-,21+/m1/s1. The number of fused-ring (bicyclic) bond motifs is 1. The van der Waals surface area contributed by atoms with E-state index in [1.807, 2.05) is 24.3 Å². The Kier molecular flexibility index (Phi) is 4.34. The van der Waals surface area contributed by atoms with Crippen molar-refractivity contribution in [3.05, 3.63) is 70.8 Å². The van der Waals surface area contributed by atoms with E-state index in [4.69, 9.17) is 0 Å². The molecule has 0 saturated carbocycles. The Morgan fingerprint density at radius 3 is 2.31 bits per heavy atom. The summed E-state index contributed by atoms with van der Waals surface area (Å²) >= 11 is 0. The minimum absolute atomic E-state index is 0.212. The number of carboxylic acid groups (broad SMARTS) is 1. The molecule has 2 aromatic rings. The minimum atomic E-state index is -1.22. The van der Waals surface area contributed by atoms with Crippen molar-refractivity contribution in [1.29, 1.82) is 0 Å². The first kappa shape index (κ1) is 18.7. The Balaban J connectivity index is 1.61. The monoisotopic (exact) mass is 393 g/mol. The number of aliphatic carboxylic acids is 1. The quantitative estimate of drug-likeness (QED) is 0.682. The summed E-state index contributed by atoms with van der Waals surface area (Å²) in [5.74, 6) is -1.93. The van der Waals surface area contributed by atoms with Crippen LogP contribution in [0.3, 0.4) is 0 Å². The van der Waals surface area contributed by atoms with E-state index >= 15 is 0 Å². The fraction of sp³-hybridized carbons (Fsp3) is 0.238. The summed E-state index contributed by atoms with van der Waals surface area (Å²) in [7, 11) is 0. The van der Waals surface area contributed by atoms with E-state index in [1.165, 1.54) is 4.90 Å². The van der Waals surface area contributed by atoms with E-state index in [2.05, 4.69) is 10.6 Å². The summed E-state index contributed by atoms with van der Waals surface area (Å²) in [6, 6.07) is 12.2. The van der Waals surface area contributed by atoms with Crippen molar-refractivity contribution in [2.24, 2.45) is 0 Å². The van der Waals surface area contributed by atoms with Gasteiger partial charge >= 0.3 is 12.0 Å². The van der Waals surface area contributed by atoms with E-state index in [0.29, 0.717) is 11.1 Å². The van der Waals surface area contributed by atoms with Crippen molar-refractivity contribution in [1.82, 2.24) is 15.5 Å². The number of nitrogens with one attached hydrogen (secondary N) is 2. The Hall–Kier alpha value is -3.68. The van der Waals surface area contributed by atoms with Gasteiger partial charge < -0.3 is 15.3 Å². The molecule has 0 spiro atoms. The molecule has 0 aliphatic carbocycles. The highest BCUT2D eigenvalue weighted by atomic mass is 16.4. The summed E-state index contributed by atoms with van der Waals surface area (Å²) in [6.45, 7) is 1.79. The summed E-state index contributed by atoms with van der Waals surface area (Å²) in [6.07, 6.45) is 0.250. The summed E-state index contributed by atoms with van der Waals surface area (Å²) in [5.41, 5.74) is 1.47. The van der Waals surface area contributed by atoms with Gasteiger partial charge in [0.05, 0.1) is 0 Å². The van der Waals surface area contributed by atoms with E-state index < -0.39 is 35.4 Å². The molecule has 3 N–H and O–H groups in total. The molecule has 0 bridgehead atoms. The first-order valence-corrected chi connectivity index (χ1v) is 9.14. The second kappa shape index (κ2) is 6.73. The molecule has 148 valence electrons. The molecule has 0 radical (unpaired) electrons. The van der Waals surface area contributed by atoms with Crippen LogP contribution in [0.4, 0.5) is 4.79 Å². The van der Waals surface area contributed by atoms with Crippen molar-refractivity contribution in [2.45, 2.75) is 31.5 Å². The maximum absolute atomic E-state index is 13.1. The van der Waals surface area contributed by atoms with Crippen LogP contribution in [0.5, 0.6) is 0 Å². The number of hydrogen-bond acceptors (Lipinski definition) is 4. The molecule has 8 heteroatoms. The second-order valence-electron chi connectivity index (χ2n) is 7.37. The molecular formula is C21H19N3O5. The maximum Gasteiger partial charge on any atom is 0.326 e. The van der Waals surface area contributed by atoms with E-state index in [1.54, 1.807) is 31.2 Å². The fourth-order valence-electron chi connectivity index (χ4n) is 3.82. The van der Waals surface area contributed by atoms with Crippen molar-refractivity contribution in [3.8, 4) is 0 Å². The molecule has 2 aliphatic heterocycles. The first-order valence-electron chi connectivity index (χ1n) is 9.14. The Labute approximate surface area is 166 Å². The molecule has 8 nitrogen and oxygen atoms in total. The zero-order chi connectivity index (χ0) is 20.8. The zero-order valence-electron chi connectivity index (χ0n) is 15.6. The van der Waals surface area contributed by atoms with Crippen LogP contribution in [0.2, 0.25) is 0 Å². The smallest absolute Gasteiger partial charge is 0.326 e. The molecule has 2 aromatic carbocycles. The van der Waals surface area contributed by atoms with Gasteiger partial charge in [0.25, 0.3) is 11.8 Å². The third-order valence-corrected chi connectivity index (χ3v) is 5.55. The van der Waals surface area contributed by atoms with Gasteiger partial charge in [0.15, 0.2) is 0 Å². The average molecular weight is 393 g/mol. The van der Waals surface area contributed by atoms with Crippen molar-refractivity contribution in [3.63, 3.8) is 0 Å². The zero-order valence-corrected chi connectivity index (χ0v) is 15.6. The minimum Gasteiger partial charge on any atom is -0.480 e. The van der Waals surface area contributed by atoms with Crippen LogP contribution in [-0.2, 0) is 28.1 Å². The number of hydrogen-bond donors (Lipinski definition) is 3. The molecule has 0 unspecified atom stereocenters. The number of amides is 4. The van der Waals surface area contributed by atoms with Crippen LogP contribution < -0.4 is 10.6 Å². The number of carbonyl (C=O) groups is 4. The molecule has 2 heterocycles. The lowest BCUT2D eigenvalue weighted by atomic mass is 9.90. The van der Waals surface area contributed by atoms with Crippen molar-refractivity contribution in [2.75, 3.05) is 0 Å². The van der Waals surface area contributed by atoms with Crippen LogP contribution in [-0.4, -0.2) is 39.9 Å². The summed E-state index contributed by atoms with van der Waals surface area (Å²) < 4.78 is 0. The number of urea groups is 1. The van der Waals surface area contributed by atoms with Gasteiger partial charge in [0.2, 0.25) is 0 Å². The van der Waals surface area contributed by atoms with Crippen LogP contribution in [0, 0.1) is 0 Å². The van der Waals surface area contributed by atoms with E-state index in [9.17, 15) is 24.3 Å². The van der Waals surface area contributed by atoms with E-state index in [0.717, 1.165) is 11.1 Å². The van der Waals surface area contributed by atoms with Crippen LogP contribution in [0.15, 0.2) is 48.5 Å². The second-order valence-corrected chi connectivity index (χ2v) is 7.37. The molecule has 0 aromatic heterocycles. The maximum atomic E-state index is 13.1. The van der Waals surface area contributed by atoms with Gasteiger partial charge in [-0.2, -0.15) is 0 Å². The van der Waals surface area contributed by atoms with Gasteiger partial charge in [-0.15, -0.1) is 0 Å². The molecule has 2 atom stereocenters. The fourth-order valence-corrected chi connectivity index (χ4v) is 3.82. The lowest BCUT2D eigenvalue weighted by Gasteiger charge is -2.34. The molecule has 1 fully saturated rings. The number of rotatable bonds is 3. The topological polar surface area (TPSA) is 116 Å². The normalized spacial score (nSPS) is 23.2. The SMILES string of the molecule is C[C@@]1(c2ccc(C(=O)N3Cc4ccccc4C[C@@H]3C(=O)O)cc2)NC(=O)NC1=O. The lowest BCUT2D eigenvalue weighted by Crippen LogP contribution is -2.48. The van der Waals surface area contributed by atoms with Gasteiger partial charge in [0.1, 0.15) is 11.6 Å². The van der Waals surface area contributed by atoms with Crippen LogP contribution in [0.1, 0.15) is 34.0 Å². The highest BCUT2D eigenvalue weighted by Crippen LogP contribution is 2.27. The average Bonchev–Trinajstić information content (AvgIpc) is 2.98. The third-order valence-electron chi connectivity index (χ3n) is 5.55. The highest BCUT2D eigenvalue weighted by molar-refractivity contribution is 6.07. The molecule has 4 amide bonds. The van der Waals surface area contributed by atoms with Crippen LogP contribution >= 0.6 is 0 Å². The molecule has 2 aliphatic rings. The number of nitrogens with zero attached hydrogens (tertiary/aromatic N) is 1. The van der Waals surface area contributed by atoms with Gasteiger partial charge in [-0.1, -0.05) is 36.4 Å². The highest BCUT2D eigenvalue weighted by Gasteiger charge is 2.43. The van der Waals surface area contributed by atoms with Gasteiger partial charge in [-0.05, 0) is 35.7 Å². The predicted molar refractivity (Wildman–Crippen MR) is 102 cm³/mol. The number of benzene rings is 2. The molecule has 29 heavy (non-hydrogen) atoms. The van der Waals surface area contributed by atoms with Crippen molar-refractivity contribution < 1.29 is 24.3 Å². The third kappa shape index (κ3) is 3.12. The molecular weight excluding hydrogens is 374 g/mol. The van der Waals surface area contributed by atoms with Crippen LogP contribution in [0.25, 0.3) is 0 Å². The lowest BCUT2D eigenvalue weighted by molar-refractivity contribution is -0.142. The van der Waals surface area contributed by atoms with E-state index in [-0.39, 0.29) is 13.0 Å². The summed E-state index contributed by atoms with van der Waals surface area (Å²) in [4.78, 5) is 49.7. The Bertz CT molecular complexity index is 1030. The number of carbonyl (C=O) groups excluding carboxylic acids is 3. The molecule has 1 saturated heterocycles.